The minimum atomic E-state index is 0.391. The van der Waals surface area contributed by atoms with Crippen LogP contribution < -0.4 is 0 Å². The van der Waals surface area contributed by atoms with Gasteiger partial charge in [0.15, 0.2) is 0 Å². The molecule has 0 amide bonds. The molecule has 36 heavy (non-hydrogen) atoms. The van der Waals surface area contributed by atoms with Gasteiger partial charge >= 0.3 is 0 Å². The molecule has 6 aromatic rings. The van der Waals surface area contributed by atoms with Gasteiger partial charge in [0.05, 0.1) is 17.8 Å². The number of nitrogens with one attached hydrogen (secondary N) is 1. The molecule has 2 aromatic carbocycles. The summed E-state index contributed by atoms with van der Waals surface area (Å²) in [5.41, 5.74) is 6.77. The first-order valence-electron chi connectivity index (χ1n) is 12.4. The van der Waals surface area contributed by atoms with Gasteiger partial charge in [-0.15, -0.1) is 11.3 Å². The van der Waals surface area contributed by atoms with E-state index in [9.17, 15) is 0 Å². The first-order valence-corrected chi connectivity index (χ1v) is 13.3. The van der Waals surface area contributed by atoms with E-state index in [0.717, 1.165) is 59.3 Å². The largest absolute Gasteiger partial charge is 0.297 e. The number of thiophene rings is 1. The Morgan fingerprint density at radius 2 is 1.89 bits per heavy atom. The van der Waals surface area contributed by atoms with Crippen LogP contribution in [0.25, 0.3) is 43.4 Å². The molecule has 178 valence electrons. The van der Waals surface area contributed by atoms with Gasteiger partial charge in [-0.25, -0.2) is 0 Å². The van der Waals surface area contributed by atoms with Gasteiger partial charge in [0.1, 0.15) is 5.69 Å². The Hall–Kier alpha value is -3.81. The number of aromatic amines is 1. The maximum atomic E-state index is 4.81. The summed E-state index contributed by atoms with van der Waals surface area (Å²) in [4.78, 5) is 6.72. The van der Waals surface area contributed by atoms with Crippen molar-refractivity contribution in [2.24, 2.45) is 0 Å². The van der Waals surface area contributed by atoms with E-state index in [4.69, 9.17) is 5.10 Å². The highest BCUT2D eigenvalue weighted by atomic mass is 32.1. The summed E-state index contributed by atoms with van der Waals surface area (Å²) in [7, 11) is 0. The zero-order valence-electron chi connectivity index (χ0n) is 19.8. The van der Waals surface area contributed by atoms with Crippen molar-refractivity contribution in [1.29, 1.82) is 0 Å². The smallest absolute Gasteiger partial charge is 0.100 e. The fourth-order valence-electron chi connectivity index (χ4n) is 5.40. The van der Waals surface area contributed by atoms with Gasteiger partial charge in [-0.05, 0) is 71.6 Å². The fraction of sp³-hybridized carbons (Fsp3) is 0.207. The summed E-state index contributed by atoms with van der Waals surface area (Å²) < 4.78 is 3.55. The molecular weight excluding hydrogens is 464 g/mol. The van der Waals surface area contributed by atoms with Crippen LogP contribution in [0.3, 0.4) is 0 Å². The Labute approximate surface area is 213 Å². The highest BCUT2D eigenvalue weighted by molar-refractivity contribution is 7.17. The van der Waals surface area contributed by atoms with Crippen LogP contribution in [-0.4, -0.2) is 43.0 Å². The van der Waals surface area contributed by atoms with Crippen LogP contribution in [0.15, 0.2) is 84.8 Å². The number of aromatic nitrogens is 5. The maximum Gasteiger partial charge on any atom is 0.100 e. The van der Waals surface area contributed by atoms with Crippen molar-refractivity contribution in [3.05, 3.63) is 90.3 Å². The molecule has 0 spiro atoms. The summed E-state index contributed by atoms with van der Waals surface area (Å²) in [5.74, 6) is 0. The monoisotopic (exact) mass is 490 g/mol. The maximum absolute atomic E-state index is 4.81. The topological polar surface area (TPSA) is 62.6 Å². The summed E-state index contributed by atoms with van der Waals surface area (Å²) in [6, 6.07) is 19.6. The number of piperidine rings is 1. The third-order valence-corrected chi connectivity index (χ3v) is 8.27. The SMILES string of the molecule is c1ccc2c(CN3CCCC(n4cc(-c5ccc6[nH]nc(-c7ccncc7)c6c5)cn4)C3)csc2c1. The lowest BCUT2D eigenvalue weighted by atomic mass is 10.0. The molecular formula is C29H26N6S. The van der Waals surface area contributed by atoms with Crippen molar-refractivity contribution in [3.8, 4) is 22.4 Å². The lowest BCUT2D eigenvalue weighted by molar-refractivity contribution is 0.164. The zero-order chi connectivity index (χ0) is 23.9. The van der Waals surface area contributed by atoms with Crippen molar-refractivity contribution < 1.29 is 0 Å². The number of benzene rings is 2. The highest BCUT2D eigenvalue weighted by Gasteiger charge is 2.23. The molecule has 1 atom stereocenters. The number of hydrogen-bond acceptors (Lipinski definition) is 5. The molecule has 1 unspecified atom stereocenters. The molecule has 6 nitrogen and oxygen atoms in total. The molecule has 5 heterocycles. The Balaban J connectivity index is 1.12. The van der Waals surface area contributed by atoms with E-state index in [-0.39, 0.29) is 0 Å². The van der Waals surface area contributed by atoms with E-state index in [0.29, 0.717) is 6.04 Å². The van der Waals surface area contributed by atoms with Crippen LogP contribution in [-0.2, 0) is 6.54 Å². The molecule has 0 aliphatic carbocycles. The van der Waals surface area contributed by atoms with Gasteiger partial charge in [-0.3, -0.25) is 19.7 Å². The van der Waals surface area contributed by atoms with Gasteiger partial charge in [0.2, 0.25) is 0 Å². The van der Waals surface area contributed by atoms with Gasteiger partial charge in [0.25, 0.3) is 0 Å². The summed E-state index contributed by atoms with van der Waals surface area (Å²) >= 11 is 1.85. The van der Waals surface area contributed by atoms with Crippen molar-refractivity contribution in [2.45, 2.75) is 25.4 Å². The van der Waals surface area contributed by atoms with Crippen LogP contribution in [0.2, 0.25) is 0 Å². The Kier molecular flexibility index (Phi) is 5.37. The standard InChI is InChI=1S/C29H26N6S/c1-2-6-28-25(5-1)23(19-36-28)16-34-13-3-4-24(18-34)35-17-22(15-31-35)21-7-8-27-26(14-21)29(33-32-27)20-9-11-30-12-10-20/h1-2,5-12,14-15,17,19,24H,3-4,13,16,18H2,(H,32,33). The predicted octanol–water partition coefficient (Wildman–Crippen LogP) is 6.54. The molecule has 7 heteroatoms. The number of H-pyrrole nitrogens is 1. The average Bonchev–Trinajstić information content (AvgIpc) is 3.68. The van der Waals surface area contributed by atoms with Crippen LogP contribution in [0.1, 0.15) is 24.4 Å². The molecule has 0 bridgehead atoms. The number of nitrogens with zero attached hydrogens (tertiary/aromatic N) is 5. The van der Waals surface area contributed by atoms with E-state index in [1.807, 2.05) is 29.7 Å². The highest BCUT2D eigenvalue weighted by Crippen LogP contribution is 2.32. The van der Waals surface area contributed by atoms with Gasteiger partial charge in [0, 0.05) is 52.9 Å². The summed E-state index contributed by atoms with van der Waals surface area (Å²) in [5, 5.41) is 17.4. The van der Waals surface area contributed by atoms with Crippen LogP contribution in [0, 0.1) is 0 Å². The number of pyridine rings is 1. The van der Waals surface area contributed by atoms with Gasteiger partial charge in [-0.1, -0.05) is 24.3 Å². The van der Waals surface area contributed by atoms with Crippen molar-refractivity contribution in [1.82, 2.24) is 29.9 Å². The number of hydrogen-bond donors (Lipinski definition) is 1. The first kappa shape index (κ1) is 21.5. The van der Waals surface area contributed by atoms with Crippen molar-refractivity contribution in [3.63, 3.8) is 0 Å². The Morgan fingerprint density at radius 3 is 2.83 bits per heavy atom. The molecule has 1 N–H and O–H groups in total. The molecule has 7 rings (SSSR count). The summed E-state index contributed by atoms with van der Waals surface area (Å²) in [6.45, 7) is 3.17. The zero-order valence-corrected chi connectivity index (χ0v) is 20.7. The third-order valence-electron chi connectivity index (χ3n) is 7.26. The lowest BCUT2D eigenvalue weighted by Crippen LogP contribution is -2.36. The molecule has 1 aliphatic heterocycles. The van der Waals surface area contributed by atoms with E-state index in [1.165, 1.54) is 22.1 Å². The Bertz CT molecular complexity index is 1650. The van der Waals surface area contributed by atoms with Crippen LogP contribution in [0.4, 0.5) is 0 Å². The van der Waals surface area contributed by atoms with Crippen LogP contribution in [0.5, 0.6) is 0 Å². The second-order valence-electron chi connectivity index (χ2n) is 9.57. The van der Waals surface area contributed by atoms with Crippen molar-refractivity contribution >= 4 is 32.3 Å². The first-order chi connectivity index (χ1) is 17.8. The second kappa shape index (κ2) is 9.00. The fourth-order valence-corrected chi connectivity index (χ4v) is 6.35. The number of likely N-dealkylation sites (tertiary alicyclic amines) is 1. The minimum absolute atomic E-state index is 0.391. The van der Waals surface area contributed by atoms with E-state index < -0.39 is 0 Å². The summed E-state index contributed by atoms with van der Waals surface area (Å²) in [6.07, 6.45) is 10.2. The van der Waals surface area contributed by atoms with E-state index >= 15 is 0 Å². The average molecular weight is 491 g/mol. The van der Waals surface area contributed by atoms with E-state index in [1.54, 1.807) is 12.4 Å². The molecule has 1 saturated heterocycles. The number of fused-ring (bicyclic) bond motifs is 2. The molecule has 1 fully saturated rings. The molecule has 0 saturated carbocycles. The van der Waals surface area contributed by atoms with E-state index in [2.05, 4.69) is 78.8 Å². The minimum Gasteiger partial charge on any atom is -0.297 e. The molecule has 0 radical (unpaired) electrons. The van der Waals surface area contributed by atoms with Crippen molar-refractivity contribution in [2.75, 3.05) is 13.1 Å². The Morgan fingerprint density at radius 1 is 0.972 bits per heavy atom. The number of rotatable bonds is 5. The lowest BCUT2D eigenvalue weighted by Gasteiger charge is -2.32. The second-order valence-corrected chi connectivity index (χ2v) is 10.5. The van der Waals surface area contributed by atoms with Gasteiger partial charge in [-0.2, -0.15) is 10.2 Å². The predicted molar refractivity (Wildman–Crippen MR) is 146 cm³/mol. The quantitative estimate of drug-likeness (QED) is 0.298. The van der Waals surface area contributed by atoms with Gasteiger partial charge < -0.3 is 0 Å². The molecule has 1 aliphatic rings. The third kappa shape index (κ3) is 3.90. The molecule has 4 aromatic heterocycles. The van der Waals surface area contributed by atoms with Crippen LogP contribution >= 0.6 is 11.3 Å². The normalized spacial score (nSPS) is 16.7.